The Hall–Kier alpha value is -4.19. The zero-order chi connectivity index (χ0) is 20.8. The minimum atomic E-state index is -0.327. The smallest absolute Gasteiger partial charge is 0.267 e. The zero-order valence-corrected chi connectivity index (χ0v) is 16.2. The van der Waals surface area contributed by atoms with Gasteiger partial charge in [0.05, 0.1) is 5.69 Å². The molecule has 4 aromatic rings. The molecule has 148 valence electrons. The van der Waals surface area contributed by atoms with Crippen molar-refractivity contribution in [1.82, 2.24) is 9.78 Å². The summed E-state index contributed by atoms with van der Waals surface area (Å²) in [6, 6.07) is 29.8. The third kappa shape index (κ3) is 4.80. The van der Waals surface area contributed by atoms with Crippen molar-refractivity contribution in [2.45, 2.75) is 6.54 Å². The SMILES string of the molecule is O=C(Cn1nc(-c2ccccc2)ccc1=O)Nc1ccc(Nc2ccccc2)cc1. The molecule has 3 aromatic carbocycles. The summed E-state index contributed by atoms with van der Waals surface area (Å²) in [4.78, 5) is 24.6. The van der Waals surface area contributed by atoms with Gasteiger partial charge in [0.2, 0.25) is 5.91 Å². The van der Waals surface area contributed by atoms with Gasteiger partial charge in [0.15, 0.2) is 0 Å². The number of amides is 1. The summed E-state index contributed by atoms with van der Waals surface area (Å²) in [6.07, 6.45) is 0. The van der Waals surface area contributed by atoms with Crippen molar-refractivity contribution in [1.29, 1.82) is 0 Å². The number of nitrogens with one attached hydrogen (secondary N) is 2. The number of carbonyl (C=O) groups is 1. The van der Waals surface area contributed by atoms with Gasteiger partial charge in [-0.3, -0.25) is 9.59 Å². The average Bonchev–Trinajstić information content (AvgIpc) is 2.78. The summed E-state index contributed by atoms with van der Waals surface area (Å²) in [6.45, 7) is -0.163. The molecule has 1 amide bonds. The van der Waals surface area contributed by atoms with Crippen molar-refractivity contribution >= 4 is 23.0 Å². The Balaban J connectivity index is 1.42. The van der Waals surface area contributed by atoms with Crippen LogP contribution in [0.4, 0.5) is 17.1 Å². The molecule has 1 aromatic heterocycles. The maximum atomic E-state index is 12.4. The third-order valence-corrected chi connectivity index (χ3v) is 4.46. The lowest BCUT2D eigenvalue weighted by atomic mass is 10.1. The lowest BCUT2D eigenvalue weighted by Gasteiger charge is -2.10. The Morgan fingerprint density at radius 3 is 2.03 bits per heavy atom. The van der Waals surface area contributed by atoms with Gasteiger partial charge in [-0.2, -0.15) is 5.10 Å². The molecule has 2 N–H and O–H groups in total. The fraction of sp³-hybridized carbons (Fsp3) is 0.0417. The molecule has 0 radical (unpaired) electrons. The van der Waals surface area contributed by atoms with E-state index in [2.05, 4.69) is 15.7 Å². The summed E-state index contributed by atoms with van der Waals surface area (Å²) in [7, 11) is 0. The number of nitrogens with zero attached hydrogens (tertiary/aromatic N) is 2. The Bertz CT molecular complexity index is 1190. The Kier molecular flexibility index (Phi) is 5.66. The van der Waals surface area contributed by atoms with Gasteiger partial charge in [-0.05, 0) is 42.5 Å². The van der Waals surface area contributed by atoms with E-state index < -0.39 is 0 Å². The molecule has 0 aliphatic heterocycles. The molecule has 1 heterocycles. The first kappa shape index (κ1) is 19.1. The number of aromatic nitrogens is 2. The second-order valence-corrected chi connectivity index (χ2v) is 6.70. The molecule has 0 fully saturated rings. The zero-order valence-electron chi connectivity index (χ0n) is 16.2. The fourth-order valence-electron chi connectivity index (χ4n) is 2.99. The summed E-state index contributed by atoms with van der Waals surface area (Å²) in [5, 5.41) is 10.4. The Morgan fingerprint density at radius 2 is 1.33 bits per heavy atom. The molecule has 0 spiro atoms. The van der Waals surface area contributed by atoms with Gasteiger partial charge in [0.1, 0.15) is 6.54 Å². The van der Waals surface area contributed by atoms with Crippen LogP contribution in [0.5, 0.6) is 0 Å². The van der Waals surface area contributed by atoms with Crippen LogP contribution in [0.2, 0.25) is 0 Å². The van der Waals surface area contributed by atoms with Crippen LogP contribution in [-0.4, -0.2) is 15.7 Å². The topological polar surface area (TPSA) is 76.0 Å². The quantitative estimate of drug-likeness (QED) is 0.510. The number of para-hydroxylation sites is 1. The molecule has 0 aliphatic carbocycles. The molecule has 0 aliphatic rings. The van der Waals surface area contributed by atoms with E-state index in [1.807, 2.05) is 72.8 Å². The molecule has 0 saturated carbocycles. The van der Waals surface area contributed by atoms with E-state index in [1.54, 1.807) is 18.2 Å². The highest BCUT2D eigenvalue weighted by Gasteiger charge is 2.08. The first-order valence-corrected chi connectivity index (χ1v) is 9.53. The molecule has 0 unspecified atom stereocenters. The second-order valence-electron chi connectivity index (χ2n) is 6.70. The van der Waals surface area contributed by atoms with Crippen LogP contribution >= 0.6 is 0 Å². The van der Waals surface area contributed by atoms with Gasteiger partial charge < -0.3 is 10.6 Å². The number of hydrogen-bond donors (Lipinski definition) is 2. The highest BCUT2D eigenvalue weighted by atomic mass is 16.2. The standard InChI is InChI=1S/C24H20N4O2/c29-23(17-28-24(30)16-15-22(27-28)18-7-3-1-4-8-18)26-21-13-11-20(12-14-21)25-19-9-5-2-6-10-19/h1-16,25H,17H2,(H,26,29). The number of benzene rings is 3. The van der Waals surface area contributed by atoms with E-state index in [-0.39, 0.29) is 18.0 Å². The summed E-state index contributed by atoms with van der Waals surface area (Å²) in [5.41, 5.74) is 3.73. The molecule has 0 bridgehead atoms. The van der Waals surface area contributed by atoms with Crippen molar-refractivity contribution in [2.75, 3.05) is 10.6 Å². The molecule has 30 heavy (non-hydrogen) atoms. The monoisotopic (exact) mass is 396 g/mol. The minimum absolute atomic E-state index is 0.163. The van der Waals surface area contributed by atoms with Gasteiger partial charge >= 0.3 is 0 Å². The number of hydrogen-bond acceptors (Lipinski definition) is 4. The number of carbonyl (C=O) groups excluding carboxylic acids is 1. The van der Waals surface area contributed by atoms with E-state index in [0.29, 0.717) is 11.4 Å². The second kappa shape index (κ2) is 8.87. The minimum Gasteiger partial charge on any atom is -0.356 e. The highest BCUT2D eigenvalue weighted by molar-refractivity contribution is 5.90. The van der Waals surface area contributed by atoms with Gasteiger partial charge in [0.25, 0.3) is 5.56 Å². The summed E-state index contributed by atoms with van der Waals surface area (Å²) < 4.78 is 1.17. The van der Waals surface area contributed by atoms with Crippen LogP contribution in [0, 0.1) is 0 Å². The summed E-state index contributed by atoms with van der Waals surface area (Å²) in [5.74, 6) is -0.321. The van der Waals surface area contributed by atoms with Gasteiger partial charge in [0, 0.05) is 28.7 Å². The Labute approximate surface area is 173 Å². The van der Waals surface area contributed by atoms with Gasteiger partial charge in [-0.25, -0.2) is 4.68 Å². The van der Waals surface area contributed by atoms with Crippen molar-refractivity contribution in [3.63, 3.8) is 0 Å². The predicted octanol–water partition coefficient (Wildman–Crippen LogP) is 4.29. The van der Waals surface area contributed by atoms with Crippen LogP contribution in [-0.2, 0) is 11.3 Å². The van der Waals surface area contributed by atoms with E-state index in [9.17, 15) is 9.59 Å². The lowest BCUT2D eigenvalue weighted by molar-refractivity contribution is -0.117. The third-order valence-electron chi connectivity index (χ3n) is 4.46. The predicted molar refractivity (Wildman–Crippen MR) is 119 cm³/mol. The average molecular weight is 396 g/mol. The van der Waals surface area contributed by atoms with Crippen LogP contribution in [0.25, 0.3) is 11.3 Å². The van der Waals surface area contributed by atoms with E-state index in [4.69, 9.17) is 0 Å². The van der Waals surface area contributed by atoms with Crippen molar-refractivity contribution < 1.29 is 4.79 Å². The largest absolute Gasteiger partial charge is 0.356 e. The molecule has 6 heteroatoms. The maximum Gasteiger partial charge on any atom is 0.267 e. The van der Waals surface area contributed by atoms with Gasteiger partial charge in [-0.1, -0.05) is 48.5 Å². The van der Waals surface area contributed by atoms with Crippen molar-refractivity contribution in [3.05, 3.63) is 107 Å². The van der Waals surface area contributed by atoms with E-state index in [0.717, 1.165) is 16.9 Å². The summed E-state index contributed by atoms with van der Waals surface area (Å²) >= 11 is 0. The lowest BCUT2D eigenvalue weighted by Crippen LogP contribution is -2.29. The van der Waals surface area contributed by atoms with Gasteiger partial charge in [-0.15, -0.1) is 0 Å². The maximum absolute atomic E-state index is 12.4. The van der Waals surface area contributed by atoms with E-state index >= 15 is 0 Å². The van der Waals surface area contributed by atoms with Crippen LogP contribution in [0.3, 0.4) is 0 Å². The number of anilines is 3. The van der Waals surface area contributed by atoms with Crippen molar-refractivity contribution in [2.24, 2.45) is 0 Å². The van der Waals surface area contributed by atoms with Crippen molar-refractivity contribution in [3.8, 4) is 11.3 Å². The van der Waals surface area contributed by atoms with Crippen LogP contribution in [0.15, 0.2) is 102 Å². The first-order chi connectivity index (χ1) is 14.7. The normalized spacial score (nSPS) is 10.4. The van der Waals surface area contributed by atoms with Crippen LogP contribution < -0.4 is 16.2 Å². The fourth-order valence-corrected chi connectivity index (χ4v) is 2.99. The molecule has 6 nitrogen and oxygen atoms in total. The molecule has 0 atom stereocenters. The first-order valence-electron chi connectivity index (χ1n) is 9.53. The highest BCUT2D eigenvalue weighted by Crippen LogP contribution is 2.19. The molecule has 0 saturated heterocycles. The van der Waals surface area contributed by atoms with Crippen LogP contribution in [0.1, 0.15) is 0 Å². The van der Waals surface area contributed by atoms with E-state index in [1.165, 1.54) is 10.7 Å². The Morgan fingerprint density at radius 1 is 0.733 bits per heavy atom. The molecular weight excluding hydrogens is 376 g/mol. The number of rotatable bonds is 6. The molecule has 4 rings (SSSR count). The molecular formula is C24H20N4O2.